The van der Waals surface area contributed by atoms with E-state index < -0.39 is 0 Å². The summed E-state index contributed by atoms with van der Waals surface area (Å²) >= 11 is 0. The van der Waals surface area contributed by atoms with E-state index in [0.717, 1.165) is 58.4 Å². The van der Waals surface area contributed by atoms with Gasteiger partial charge < -0.3 is 4.90 Å². The predicted octanol–water partition coefficient (Wildman–Crippen LogP) is 4.36. The van der Waals surface area contributed by atoms with E-state index in [1.54, 1.807) is 0 Å². The van der Waals surface area contributed by atoms with Crippen LogP contribution in [-0.4, -0.2) is 48.4 Å². The van der Waals surface area contributed by atoms with Gasteiger partial charge in [0.25, 0.3) is 0 Å². The molecule has 0 bridgehead atoms. The minimum Gasteiger partial charge on any atom is -0.339 e. The Balaban J connectivity index is 1.35. The summed E-state index contributed by atoms with van der Waals surface area (Å²) in [5, 5.41) is 0. The first kappa shape index (κ1) is 18.9. The van der Waals surface area contributed by atoms with Crippen LogP contribution in [0, 0.1) is 0 Å². The molecule has 0 aromatic heterocycles. The summed E-state index contributed by atoms with van der Waals surface area (Å²) in [6, 6.07) is 20.9. The summed E-state index contributed by atoms with van der Waals surface area (Å²) in [6.07, 6.45) is 8.72. The van der Waals surface area contributed by atoms with Crippen molar-refractivity contribution in [1.29, 1.82) is 0 Å². The van der Waals surface area contributed by atoms with Crippen LogP contribution in [0.1, 0.15) is 36.8 Å². The van der Waals surface area contributed by atoms with Gasteiger partial charge in [-0.25, -0.2) is 0 Å². The molecule has 2 aromatic carbocycles. The highest BCUT2D eigenvalue weighted by atomic mass is 16.2. The van der Waals surface area contributed by atoms with Crippen LogP contribution in [0.5, 0.6) is 0 Å². The molecule has 0 radical (unpaired) electrons. The standard InChI is InChI=1S/C25H30N2O/c28-24(25(15-7-8-16-25)23-13-5-2-6-14-23)27-20-18-26(19-21-27)17-9-12-22-10-3-1-4-11-22/h1-6,9-14H,7-8,15-21H2/b12-9+. The molecular weight excluding hydrogens is 344 g/mol. The maximum atomic E-state index is 13.5. The molecule has 1 saturated carbocycles. The van der Waals surface area contributed by atoms with Gasteiger partial charge in [0.05, 0.1) is 5.41 Å². The largest absolute Gasteiger partial charge is 0.339 e. The van der Waals surface area contributed by atoms with Crippen molar-refractivity contribution >= 4 is 12.0 Å². The van der Waals surface area contributed by atoms with E-state index in [-0.39, 0.29) is 5.41 Å². The third-order valence-corrected chi connectivity index (χ3v) is 6.33. The van der Waals surface area contributed by atoms with Crippen molar-refractivity contribution in [2.45, 2.75) is 31.1 Å². The van der Waals surface area contributed by atoms with E-state index in [1.807, 2.05) is 12.1 Å². The Morgan fingerprint density at radius 3 is 2.11 bits per heavy atom. The fraction of sp³-hybridized carbons (Fsp3) is 0.400. The van der Waals surface area contributed by atoms with Crippen LogP contribution >= 0.6 is 0 Å². The fourth-order valence-corrected chi connectivity index (χ4v) is 4.70. The summed E-state index contributed by atoms with van der Waals surface area (Å²) in [5.74, 6) is 0.357. The number of rotatable bonds is 5. The molecule has 1 amide bonds. The number of carbonyl (C=O) groups excluding carboxylic acids is 1. The van der Waals surface area contributed by atoms with E-state index in [0.29, 0.717) is 5.91 Å². The van der Waals surface area contributed by atoms with Gasteiger partial charge in [0, 0.05) is 32.7 Å². The monoisotopic (exact) mass is 374 g/mol. The molecular formula is C25H30N2O. The Bertz CT molecular complexity index is 786. The topological polar surface area (TPSA) is 23.6 Å². The van der Waals surface area contributed by atoms with Crippen molar-refractivity contribution in [3.63, 3.8) is 0 Å². The first-order valence-corrected chi connectivity index (χ1v) is 10.6. The van der Waals surface area contributed by atoms with Crippen molar-refractivity contribution in [3.05, 3.63) is 77.9 Å². The van der Waals surface area contributed by atoms with Crippen LogP contribution in [0.25, 0.3) is 6.08 Å². The maximum Gasteiger partial charge on any atom is 0.233 e. The SMILES string of the molecule is O=C(N1CCN(C/C=C/c2ccccc2)CC1)C1(c2ccccc2)CCCC1. The lowest BCUT2D eigenvalue weighted by Gasteiger charge is -2.40. The average molecular weight is 375 g/mol. The lowest BCUT2D eigenvalue weighted by molar-refractivity contribution is -0.139. The first-order valence-electron chi connectivity index (χ1n) is 10.6. The normalized spacial score (nSPS) is 19.9. The second-order valence-corrected chi connectivity index (χ2v) is 8.06. The second kappa shape index (κ2) is 8.74. The average Bonchev–Trinajstić information content (AvgIpc) is 3.26. The number of piperazine rings is 1. The summed E-state index contributed by atoms with van der Waals surface area (Å²) in [4.78, 5) is 18.1. The van der Waals surface area contributed by atoms with Gasteiger partial charge in [-0.2, -0.15) is 0 Å². The Morgan fingerprint density at radius 1 is 0.857 bits per heavy atom. The minimum atomic E-state index is -0.281. The van der Waals surface area contributed by atoms with Gasteiger partial charge in [0.2, 0.25) is 5.91 Å². The molecule has 3 heteroatoms. The highest BCUT2D eigenvalue weighted by Crippen LogP contribution is 2.42. The van der Waals surface area contributed by atoms with Gasteiger partial charge >= 0.3 is 0 Å². The molecule has 0 N–H and O–H groups in total. The number of benzene rings is 2. The Kier molecular flexibility index (Phi) is 5.92. The molecule has 146 valence electrons. The molecule has 28 heavy (non-hydrogen) atoms. The molecule has 0 spiro atoms. The third-order valence-electron chi connectivity index (χ3n) is 6.33. The number of hydrogen-bond donors (Lipinski definition) is 0. The van der Waals surface area contributed by atoms with E-state index in [1.165, 1.54) is 11.1 Å². The zero-order valence-corrected chi connectivity index (χ0v) is 16.6. The van der Waals surface area contributed by atoms with Crippen LogP contribution in [0.4, 0.5) is 0 Å². The Hall–Kier alpha value is -2.39. The highest BCUT2D eigenvalue weighted by molar-refractivity contribution is 5.88. The molecule has 0 unspecified atom stereocenters. The van der Waals surface area contributed by atoms with Crippen molar-refractivity contribution in [2.75, 3.05) is 32.7 Å². The summed E-state index contributed by atoms with van der Waals surface area (Å²) in [5.41, 5.74) is 2.17. The molecule has 1 aliphatic carbocycles. The quantitative estimate of drug-likeness (QED) is 0.776. The van der Waals surface area contributed by atoms with Crippen LogP contribution < -0.4 is 0 Å². The molecule has 2 aromatic rings. The Labute approximate surface area is 168 Å². The van der Waals surface area contributed by atoms with Gasteiger partial charge in [-0.1, -0.05) is 85.7 Å². The number of carbonyl (C=O) groups is 1. The van der Waals surface area contributed by atoms with Crippen molar-refractivity contribution < 1.29 is 4.79 Å². The fourth-order valence-electron chi connectivity index (χ4n) is 4.70. The Morgan fingerprint density at radius 2 is 1.46 bits per heavy atom. The van der Waals surface area contributed by atoms with E-state index in [9.17, 15) is 4.79 Å². The molecule has 0 atom stereocenters. The molecule has 4 rings (SSSR count). The lowest BCUT2D eigenvalue weighted by atomic mass is 9.77. The van der Waals surface area contributed by atoms with Gasteiger partial charge in [-0.3, -0.25) is 9.69 Å². The number of amides is 1. The van der Waals surface area contributed by atoms with Gasteiger partial charge in [-0.15, -0.1) is 0 Å². The van der Waals surface area contributed by atoms with Gasteiger partial charge in [0.15, 0.2) is 0 Å². The summed E-state index contributed by atoms with van der Waals surface area (Å²) < 4.78 is 0. The van der Waals surface area contributed by atoms with Crippen LogP contribution in [0.3, 0.4) is 0 Å². The van der Waals surface area contributed by atoms with Crippen molar-refractivity contribution in [3.8, 4) is 0 Å². The van der Waals surface area contributed by atoms with Gasteiger partial charge in [0.1, 0.15) is 0 Å². The van der Waals surface area contributed by atoms with Crippen molar-refractivity contribution in [1.82, 2.24) is 9.80 Å². The molecule has 3 nitrogen and oxygen atoms in total. The van der Waals surface area contributed by atoms with Crippen LogP contribution in [-0.2, 0) is 10.2 Å². The van der Waals surface area contributed by atoms with Crippen LogP contribution in [0.15, 0.2) is 66.7 Å². The lowest BCUT2D eigenvalue weighted by Crippen LogP contribution is -2.54. The molecule has 1 heterocycles. The smallest absolute Gasteiger partial charge is 0.233 e. The highest BCUT2D eigenvalue weighted by Gasteiger charge is 2.45. The van der Waals surface area contributed by atoms with Crippen molar-refractivity contribution in [2.24, 2.45) is 0 Å². The predicted molar refractivity (Wildman–Crippen MR) is 115 cm³/mol. The third kappa shape index (κ3) is 4.05. The van der Waals surface area contributed by atoms with E-state index in [4.69, 9.17) is 0 Å². The van der Waals surface area contributed by atoms with Gasteiger partial charge in [-0.05, 0) is 24.0 Å². The van der Waals surface area contributed by atoms with Crippen LogP contribution in [0.2, 0.25) is 0 Å². The van der Waals surface area contributed by atoms with E-state index in [2.05, 4.69) is 70.5 Å². The van der Waals surface area contributed by atoms with E-state index >= 15 is 0 Å². The summed E-state index contributed by atoms with van der Waals surface area (Å²) in [6.45, 7) is 4.53. The minimum absolute atomic E-state index is 0.281. The molecule has 1 saturated heterocycles. The molecule has 2 aliphatic rings. The maximum absolute atomic E-state index is 13.5. The molecule has 1 aliphatic heterocycles. The zero-order chi connectivity index (χ0) is 19.2. The second-order valence-electron chi connectivity index (χ2n) is 8.06. The number of hydrogen-bond acceptors (Lipinski definition) is 2. The number of nitrogens with zero attached hydrogens (tertiary/aromatic N) is 2. The first-order chi connectivity index (χ1) is 13.8. The zero-order valence-electron chi connectivity index (χ0n) is 16.6. The molecule has 2 fully saturated rings. The summed E-state index contributed by atoms with van der Waals surface area (Å²) in [7, 11) is 0.